The van der Waals surface area contributed by atoms with E-state index in [1.54, 1.807) is 59.4 Å². The molecule has 1 N–H and O–H groups in total. The van der Waals surface area contributed by atoms with Crippen molar-refractivity contribution in [3.05, 3.63) is 60.3 Å². The number of halogens is 4. The van der Waals surface area contributed by atoms with Crippen molar-refractivity contribution < 1.29 is 27.2 Å². The van der Waals surface area contributed by atoms with Crippen LogP contribution in [0.4, 0.5) is 23.2 Å². The molecule has 2 atom stereocenters. The van der Waals surface area contributed by atoms with Crippen LogP contribution in [0.5, 0.6) is 0 Å². The van der Waals surface area contributed by atoms with Gasteiger partial charge in [-0.05, 0) is 36.6 Å². The highest BCUT2D eigenvalue weighted by Crippen LogP contribution is 2.41. The van der Waals surface area contributed by atoms with Gasteiger partial charge in [-0.2, -0.15) is 13.9 Å². The number of hydrogen-bond donors (Lipinski definition) is 1. The molecule has 0 bridgehead atoms. The zero-order chi connectivity index (χ0) is 25.7. The predicted octanol–water partition coefficient (Wildman–Crippen LogP) is 5.40. The quantitative estimate of drug-likeness (QED) is 0.475. The molecule has 1 unspecified atom stereocenters. The number of hydrogen-bond acceptors (Lipinski definition) is 3. The fourth-order valence-corrected chi connectivity index (χ4v) is 5.25. The highest BCUT2D eigenvalue weighted by Gasteiger charge is 2.45. The molecule has 0 radical (unpaired) electrons. The van der Waals surface area contributed by atoms with Crippen molar-refractivity contribution in [2.24, 2.45) is 0 Å². The maximum atomic E-state index is 13.6. The van der Waals surface area contributed by atoms with Gasteiger partial charge in [-0.15, -0.1) is 0 Å². The molecule has 2 aromatic carbocycles. The van der Waals surface area contributed by atoms with E-state index in [1.165, 1.54) is 4.90 Å². The number of aromatic nitrogens is 2. The third kappa shape index (κ3) is 4.56. The molecule has 1 aromatic heterocycles. The number of carbonyl (C=O) groups is 2. The number of fused-ring (bicyclic) bond motifs is 1. The first kappa shape index (κ1) is 24.3. The number of carbonyl (C=O) groups excluding carboxylic acids is 2. The van der Waals surface area contributed by atoms with Gasteiger partial charge in [0.2, 0.25) is 11.8 Å². The van der Waals surface area contributed by atoms with Gasteiger partial charge in [0, 0.05) is 37.3 Å². The summed E-state index contributed by atoms with van der Waals surface area (Å²) >= 11 is 0. The molecule has 190 valence electrons. The van der Waals surface area contributed by atoms with Crippen molar-refractivity contribution >= 4 is 28.4 Å². The van der Waals surface area contributed by atoms with Gasteiger partial charge in [-0.25, -0.2) is 8.78 Å². The molecule has 1 aliphatic carbocycles. The van der Waals surface area contributed by atoms with E-state index in [1.807, 2.05) is 0 Å². The Bertz CT molecular complexity index is 1280. The minimum Gasteiger partial charge on any atom is -0.345 e. The second kappa shape index (κ2) is 8.90. The molecule has 2 heterocycles. The molecule has 1 saturated heterocycles. The summed E-state index contributed by atoms with van der Waals surface area (Å²) in [6.45, 7) is 0.521. The zero-order valence-electron chi connectivity index (χ0n) is 19.6. The van der Waals surface area contributed by atoms with E-state index >= 15 is 0 Å². The lowest BCUT2D eigenvalue weighted by atomic mass is 9.92. The van der Waals surface area contributed by atoms with Crippen LogP contribution in [0.1, 0.15) is 56.7 Å². The highest BCUT2D eigenvalue weighted by molar-refractivity contribution is 6.00. The van der Waals surface area contributed by atoms with Crippen LogP contribution in [0.2, 0.25) is 0 Å². The Balaban J connectivity index is 1.47. The monoisotopic (exact) mass is 502 g/mol. The average molecular weight is 503 g/mol. The van der Waals surface area contributed by atoms with Crippen LogP contribution in [0, 0.1) is 0 Å². The Hall–Kier alpha value is -3.43. The summed E-state index contributed by atoms with van der Waals surface area (Å²) in [5.74, 6) is -7.95. The normalized spacial score (nSPS) is 22.8. The van der Waals surface area contributed by atoms with Gasteiger partial charge in [-0.3, -0.25) is 14.3 Å². The molecule has 3 aromatic rings. The van der Waals surface area contributed by atoms with Crippen LogP contribution >= 0.6 is 0 Å². The van der Waals surface area contributed by atoms with Crippen LogP contribution < -0.4 is 10.2 Å². The lowest BCUT2D eigenvalue weighted by molar-refractivity contribution is -0.143. The van der Waals surface area contributed by atoms with Gasteiger partial charge in [0.05, 0.1) is 29.8 Å². The van der Waals surface area contributed by atoms with Crippen LogP contribution in [0.15, 0.2) is 54.7 Å². The number of anilines is 1. The molecule has 2 amide bonds. The van der Waals surface area contributed by atoms with E-state index in [9.17, 15) is 27.2 Å². The van der Waals surface area contributed by atoms with Gasteiger partial charge in [0.15, 0.2) is 0 Å². The van der Waals surface area contributed by atoms with Crippen molar-refractivity contribution in [2.75, 3.05) is 4.90 Å². The molecule has 2 fully saturated rings. The summed E-state index contributed by atoms with van der Waals surface area (Å²) < 4.78 is 56.2. The van der Waals surface area contributed by atoms with Crippen molar-refractivity contribution in [3.63, 3.8) is 0 Å². The Morgan fingerprint density at radius 3 is 2.47 bits per heavy atom. The number of amides is 2. The maximum Gasteiger partial charge on any atom is 0.321 e. The summed E-state index contributed by atoms with van der Waals surface area (Å²) in [6.07, 6.45) is 1.81. The first-order chi connectivity index (χ1) is 17.0. The van der Waals surface area contributed by atoms with Crippen molar-refractivity contribution in [1.82, 2.24) is 15.1 Å². The molecule has 0 spiro atoms. The van der Waals surface area contributed by atoms with Crippen molar-refractivity contribution in [2.45, 2.75) is 69.0 Å². The van der Waals surface area contributed by atoms with Gasteiger partial charge >= 0.3 is 5.92 Å². The summed E-state index contributed by atoms with van der Waals surface area (Å²) in [5, 5.41) is 7.53. The molecule has 1 saturated carbocycles. The lowest BCUT2D eigenvalue weighted by Gasteiger charge is -2.30. The molecule has 10 heteroatoms. The summed E-state index contributed by atoms with van der Waals surface area (Å²) in [6, 6.07) is 12.6. The number of rotatable bonds is 5. The van der Waals surface area contributed by atoms with Gasteiger partial charge < -0.3 is 10.2 Å². The third-order valence-corrected chi connectivity index (χ3v) is 7.07. The fraction of sp³-hybridized carbons (Fsp3) is 0.423. The van der Waals surface area contributed by atoms with E-state index in [0.717, 1.165) is 10.9 Å². The zero-order valence-corrected chi connectivity index (χ0v) is 19.6. The molecular weight excluding hydrogens is 476 g/mol. The van der Waals surface area contributed by atoms with Crippen molar-refractivity contribution in [1.29, 1.82) is 0 Å². The molecule has 2 aliphatic rings. The summed E-state index contributed by atoms with van der Waals surface area (Å²) in [7, 11) is 0. The Kier molecular flexibility index (Phi) is 6.00. The molecular formula is C26H26F4N4O2. The number of nitrogens with one attached hydrogen (secondary N) is 1. The molecule has 6 nitrogen and oxygen atoms in total. The van der Waals surface area contributed by atoms with Gasteiger partial charge in [0.1, 0.15) is 0 Å². The van der Waals surface area contributed by atoms with Crippen LogP contribution in [-0.4, -0.2) is 39.5 Å². The van der Waals surface area contributed by atoms with Crippen LogP contribution in [0.3, 0.4) is 0 Å². The molecule has 5 rings (SSSR count). The SMILES string of the molecule is CC(F)(F)C(=O)N[C@H]1CC(=O)N(c2ccc3c(cnn3C3CCC(F)(F)CC3)c2)C1c1ccccc1. The van der Waals surface area contributed by atoms with E-state index in [-0.39, 0.29) is 31.2 Å². The Morgan fingerprint density at radius 1 is 1.11 bits per heavy atom. The second-order valence-corrected chi connectivity index (χ2v) is 9.71. The van der Waals surface area contributed by atoms with Gasteiger partial charge in [-0.1, -0.05) is 30.3 Å². The second-order valence-electron chi connectivity index (χ2n) is 9.71. The standard InChI is InChI=1S/C26H26F4N4O2/c1-25(27,28)24(36)32-20-14-22(35)33(23(20)16-5-3-2-4-6-16)19-7-8-21-17(13-19)15-31-34(21)18-9-11-26(29,30)12-10-18/h2-8,13,15,18,20,23H,9-12,14H2,1H3,(H,32,36)/t20-,23?/m0/s1. The lowest BCUT2D eigenvalue weighted by Crippen LogP contribution is -2.46. The Morgan fingerprint density at radius 2 is 1.81 bits per heavy atom. The van der Waals surface area contributed by atoms with Gasteiger partial charge in [0.25, 0.3) is 5.91 Å². The number of benzene rings is 2. The smallest absolute Gasteiger partial charge is 0.321 e. The summed E-state index contributed by atoms with van der Waals surface area (Å²) in [4.78, 5) is 26.7. The maximum absolute atomic E-state index is 13.6. The van der Waals surface area contributed by atoms with Crippen LogP contribution in [0.25, 0.3) is 10.9 Å². The predicted molar refractivity (Wildman–Crippen MR) is 126 cm³/mol. The van der Waals surface area contributed by atoms with E-state index < -0.39 is 29.8 Å². The van der Waals surface area contributed by atoms with E-state index in [2.05, 4.69) is 10.4 Å². The third-order valence-electron chi connectivity index (χ3n) is 7.07. The largest absolute Gasteiger partial charge is 0.345 e. The first-order valence-electron chi connectivity index (χ1n) is 11.9. The topological polar surface area (TPSA) is 67.2 Å². The highest BCUT2D eigenvalue weighted by atomic mass is 19.3. The molecule has 1 aliphatic heterocycles. The summed E-state index contributed by atoms with van der Waals surface area (Å²) in [5.41, 5.74) is 2.01. The number of alkyl halides is 4. The van der Waals surface area contributed by atoms with E-state index in [0.29, 0.717) is 31.0 Å². The van der Waals surface area contributed by atoms with E-state index in [4.69, 9.17) is 0 Å². The van der Waals surface area contributed by atoms with Crippen molar-refractivity contribution in [3.8, 4) is 0 Å². The minimum absolute atomic E-state index is 0.130. The number of nitrogens with zero attached hydrogens (tertiary/aromatic N) is 3. The Labute approximate surface area is 205 Å². The average Bonchev–Trinajstić information content (AvgIpc) is 3.39. The first-order valence-corrected chi connectivity index (χ1v) is 11.9. The van der Waals surface area contributed by atoms with Crippen LogP contribution in [-0.2, 0) is 9.59 Å². The minimum atomic E-state index is -3.58. The fourth-order valence-electron chi connectivity index (χ4n) is 5.25. The molecule has 36 heavy (non-hydrogen) atoms.